The molecule has 0 saturated carbocycles. The van der Waals surface area contributed by atoms with Gasteiger partial charge in [0.2, 0.25) is 5.91 Å². The highest BCUT2D eigenvalue weighted by atomic mass is 16.2. The molecule has 1 saturated heterocycles. The monoisotopic (exact) mass is 298 g/mol. The zero-order valence-electron chi connectivity index (χ0n) is 12.8. The van der Waals surface area contributed by atoms with E-state index in [9.17, 15) is 19.2 Å². The van der Waals surface area contributed by atoms with Gasteiger partial charge in [-0.2, -0.15) is 0 Å². The van der Waals surface area contributed by atoms with E-state index in [0.717, 1.165) is 11.3 Å². The zero-order chi connectivity index (χ0) is 16.2. The van der Waals surface area contributed by atoms with E-state index < -0.39 is 36.0 Å². The van der Waals surface area contributed by atoms with Crippen molar-refractivity contribution in [1.82, 2.24) is 20.9 Å². The number of imide groups is 2. The molecule has 3 N–H and O–H groups in total. The van der Waals surface area contributed by atoms with Crippen LogP contribution in [-0.4, -0.2) is 47.9 Å². The smallest absolute Gasteiger partial charge is 0.325 e. The van der Waals surface area contributed by atoms with Crippen LogP contribution in [0.4, 0.5) is 9.59 Å². The zero-order valence-corrected chi connectivity index (χ0v) is 12.8. The largest absolute Gasteiger partial charge is 0.341 e. The first-order chi connectivity index (χ1) is 9.69. The summed E-state index contributed by atoms with van der Waals surface area (Å²) in [4.78, 5) is 47.6. The summed E-state index contributed by atoms with van der Waals surface area (Å²) in [5.41, 5.74) is -0.991. The van der Waals surface area contributed by atoms with Crippen molar-refractivity contribution in [3.8, 4) is 0 Å². The number of rotatable bonds is 5. The van der Waals surface area contributed by atoms with E-state index in [1.807, 2.05) is 19.2 Å². The number of urea groups is 2. The summed E-state index contributed by atoms with van der Waals surface area (Å²) in [7, 11) is 1.36. The van der Waals surface area contributed by atoms with Gasteiger partial charge in [0.1, 0.15) is 12.1 Å². The summed E-state index contributed by atoms with van der Waals surface area (Å²) >= 11 is 0. The predicted octanol–water partition coefficient (Wildman–Crippen LogP) is 0.189. The average Bonchev–Trinajstić information content (AvgIpc) is 2.60. The molecule has 6 amide bonds. The molecule has 0 spiro atoms. The third kappa shape index (κ3) is 4.17. The minimum atomic E-state index is -0.991. The van der Waals surface area contributed by atoms with Gasteiger partial charge in [-0.15, -0.1) is 0 Å². The van der Waals surface area contributed by atoms with Crippen LogP contribution in [0.25, 0.3) is 0 Å². The number of hydrogen-bond donors (Lipinski definition) is 3. The maximum atomic E-state index is 12.3. The van der Waals surface area contributed by atoms with Crippen LogP contribution in [-0.2, 0) is 9.59 Å². The summed E-state index contributed by atoms with van der Waals surface area (Å²) in [5.74, 6) is -0.761. The van der Waals surface area contributed by atoms with Gasteiger partial charge in [0.15, 0.2) is 0 Å². The molecule has 0 aromatic rings. The Bertz CT molecular complexity index is 463. The van der Waals surface area contributed by atoms with Gasteiger partial charge in [0, 0.05) is 7.05 Å². The number of nitrogens with one attached hydrogen (secondary N) is 3. The summed E-state index contributed by atoms with van der Waals surface area (Å²) in [6.45, 7) is 5.22. The van der Waals surface area contributed by atoms with Crippen LogP contribution in [0.2, 0.25) is 0 Å². The molecule has 8 heteroatoms. The van der Waals surface area contributed by atoms with Crippen LogP contribution in [0.5, 0.6) is 0 Å². The second-order valence-electron chi connectivity index (χ2n) is 5.71. The predicted molar refractivity (Wildman–Crippen MR) is 75.3 cm³/mol. The van der Waals surface area contributed by atoms with Crippen LogP contribution >= 0.6 is 0 Å². The molecule has 118 valence electrons. The molecule has 8 nitrogen and oxygen atoms in total. The number of amides is 6. The highest BCUT2D eigenvalue weighted by Crippen LogP contribution is 2.24. The van der Waals surface area contributed by atoms with Gasteiger partial charge in [0.25, 0.3) is 5.91 Å². The molecule has 1 atom stereocenters. The molecule has 1 fully saturated rings. The summed E-state index contributed by atoms with van der Waals surface area (Å²) in [6.07, 6.45) is 1.28. The molecule has 1 unspecified atom stereocenters. The molecule has 0 aliphatic carbocycles. The van der Waals surface area contributed by atoms with Crippen molar-refractivity contribution in [3.63, 3.8) is 0 Å². The molecule has 1 rings (SSSR count). The van der Waals surface area contributed by atoms with E-state index in [2.05, 4.69) is 10.6 Å². The molecular weight excluding hydrogens is 276 g/mol. The third-order valence-corrected chi connectivity index (χ3v) is 3.35. The topological polar surface area (TPSA) is 108 Å². The van der Waals surface area contributed by atoms with Gasteiger partial charge < -0.3 is 10.6 Å². The lowest BCUT2D eigenvalue weighted by Gasteiger charge is -2.22. The molecule has 0 aromatic carbocycles. The molecule has 21 heavy (non-hydrogen) atoms. The molecule has 1 aliphatic heterocycles. The molecule has 0 bridgehead atoms. The highest BCUT2D eigenvalue weighted by Gasteiger charge is 2.47. The Kier molecular flexibility index (Phi) is 5.28. The summed E-state index contributed by atoms with van der Waals surface area (Å²) < 4.78 is 0. The van der Waals surface area contributed by atoms with E-state index in [-0.39, 0.29) is 0 Å². The number of carbonyl (C=O) groups is 4. The van der Waals surface area contributed by atoms with E-state index in [1.54, 1.807) is 6.92 Å². The number of nitrogens with zero attached hydrogens (tertiary/aromatic N) is 1. The standard InChI is InChI=1S/C13H22N4O4/c1-8(2)5-6-13(3)10(19)17(12(21)16-13)7-9(18)15-11(20)14-4/h8H,5-7H2,1-4H3,(H,16,21)(H2,14,15,18,20). The van der Waals surface area contributed by atoms with Crippen LogP contribution in [0.3, 0.4) is 0 Å². The molecule has 1 aliphatic rings. The lowest BCUT2D eigenvalue weighted by Crippen LogP contribution is -2.47. The highest BCUT2D eigenvalue weighted by molar-refractivity contribution is 6.09. The van der Waals surface area contributed by atoms with Crippen molar-refractivity contribution in [3.05, 3.63) is 0 Å². The van der Waals surface area contributed by atoms with Gasteiger partial charge >= 0.3 is 12.1 Å². The van der Waals surface area contributed by atoms with Crippen molar-refractivity contribution in [1.29, 1.82) is 0 Å². The third-order valence-electron chi connectivity index (χ3n) is 3.35. The Hall–Kier alpha value is -2.12. The maximum Gasteiger partial charge on any atom is 0.325 e. The minimum absolute atomic E-state index is 0.400. The Morgan fingerprint density at radius 1 is 1.33 bits per heavy atom. The van der Waals surface area contributed by atoms with Gasteiger partial charge in [-0.25, -0.2) is 9.59 Å². The second-order valence-corrected chi connectivity index (χ2v) is 5.71. The first kappa shape index (κ1) is 16.9. The Morgan fingerprint density at radius 2 is 1.95 bits per heavy atom. The van der Waals surface area contributed by atoms with Crippen molar-refractivity contribution < 1.29 is 19.2 Å². The van der Waals surface area contributed by atoms with Crippen molar-refractivity contribution in [2.24, 2.45) is 5.92 Å². The van der Waals surface area contributed by atoms with Crippen molar-refractivity contribution >= 4 is 23.9 Å². The molecule has 0 aromatic heterocycles. The van der Waals surface area contributed by atoms with Crippen LogP contribution < -0.4 is 16.0 Å². The Balaban J connectivity index is 2.68. The van der Waals surface area contributed by atoms with Crippen molar-refractivity contribution in [2.75, 3.05) is 13.6 Å². The van der Waals surface area contributed by atoms with Crippen LogP contribution in [0, 0.1) is 5.92 Å². The Morgan fingerprint density at radius 3 is 2.48 bits per heavy atom. The Labute approximate surface area is 123 Å². The number of hydrogen-bond acceptors (Lipinski definition) is 4. The fourth-order valence-electron chi connectivity index (χ4n) is 2.01. The second kappa shape index (κ2) is 6.55. The van der Waals surface area contributed by atoms with Gasteiger partial charge in [-0.1, -0.05) is 13.8 Å². The minimum Gasteiger partial charge on any atom is -0.341 e. The lowest BCUT2D eigenvalue weighted by atomic mass is 9.92. The first-order valence-electron chi connectivity index (χ1n) is 6.85. The molecule has 1 heterocycles. The van der Waals surface area contributed by atoms with E-state index in [1.165, 1.54) is 7.05 Å². The fourth-order valence-corrected chi connectivity index (χ4v) is 2.01. The van der Waals surface area contributed by atoms with Crippen LogP contribution in [0.15, 0.2) is 0 Å². The quantitative estimate of drug-likeness (QED) is 0.630. The van der Waals surface area contributed by atoms with Gasteiger partial charge in [0.05, 0.1) is 0 Å². The van der Waals surface area contributed by atoms with E-state index in [0.29, 0.717) is 12.3 Å². The normalized spacial score (nSPS) is 21.5. The summed E-state index contributed by atoms with van der Waals surface area (Å²) in [6, 6.07) is -1.30. The molecular formula is C13H22N4O4. The number of carbonyl (C=O) groups excluding carboxylic acids is 4. The SMILES string of the molecule is CNC(=O)NC(=O)CN1C(=O)NC(C)(CCC(C)C)C1=O. The molecule has 0 radical (unpaired) electrons. The lowest BCUT2D eigenvalue weighted by molar-refractivity contribution is -0.134. The van der Waals surface area contributed by atoms with Crippen molar-refractivity contribution in [2.45, 2.75) is 39.2 Å². The summed E-state index contributed by atoms with van der Waals surface area (Å²) in [5, 5.41) is 6.84. The maximum absolute atomic E-state index is 12.3. The van der Waals surface area contributed by atoms with Gasteiger partial charge in [-0.05, 0) is 25.7 Å². The van der Waals surface area contributed by atoms with Gasteiger partial charge in [-0.3, -0.25) is 19.8 Å². The van der Waals surface area contributed by atoms with Crippen LogP contribution in [0.1, 0.15) is 33.6 Å². The van der Waals surface area contributed by atoms with E-state index in [4.69, 9.17) is 0 Å². The fraction of sp³-hybridized carbons (Fsp3) is 0.692. The average molecular weight is 298 g/mol. The van der Waals surface area contributed by atoms with E-state index >= 15 is 0 Å². The first-order valence-corrected chi connectivity index (χ1v) is 6.85.